The van der Waals surface area contributed by atoms with Gasteiger partial charge in [0.25, 0.3) is 0 Å². The lowest BCUT2D eigenvalue weighted by Gasteiger charge is -2.18. The Kier molecular flexibility index (Phi) is 5.72. The Morgan fingerprint density at radius 1 is 1.00 bits per heavy atom. The normalized spacial score (nSPS) is 11.6. The van der Waals surface area contributed by atoms with E-state index in [4.69, 9.17) is 0 Å². The molecule has 0 radical (unpaired) electrons. The largest absolute Gasteiger partial charge is 0.394 e. The highest BCUT2D eigenvalue weighted by Crippen LogP contribution is 2.23. The van der Waals surface area contributed by atoms with Crippen molar-refractivity contribution in [2.75, 3.05) is 22.6 Å². The molecule has 2 heterocycles. The van der Waals surface area contributed by atoms with Crippen LogP contribution in [0.4, 0.5) is 22.2 Å². The molecule has 0 aliphatic heterocycles. The van der Waals surface area contributed by atoms with Crippen LogP contribution >= 0.6 is 0 Å². The quantitative estimate of drug-likeness (QED) is 0.391. The lowest BCUT2D eigenvalue weighted by molar-refractivity contribution is 0.262. The van der Waals surface area contributed by atoms with E-state index in [1.807, 2.05) is 48.5 Å². The summed E-state index contributed by atoms with van der Waals surface area (Å²) in [6.45, 7) is -0.0544. The van der Waals surface area contributed by atoms with Gasteiger partial charge in [0.15, 0.2) is 5.82 Å². The first-order chi connectivity index (χ1) is 14.7. The van der Waals surface area contributed by atoms with Gasteiger partial charge in [0, 0.05) is 29.7 Å². The SMILES string of the molecule is O=C(Nc1cnccn1)Nc1ncc2ccc(N[C@@H](CO)c3ccccc3)cc2n1. The first kappa shape index (κ1) is 19.2. The molecule has 9 nitrogen and oxygen atoms in total. The summed E-state index contributed by atoms with van der Waals surface area (Å²) in [6.07, 6.45) is 6.06. The van der Waals surface area contributed by atoms with Gasteiger partial charge in [-0.3, -0.25) is 15.6 Å². The fourth-order valence-corrected chi connectivity index (χ4v) is 2.91. The molecule has 4 aromatic rings. The van der Waals surface area contributed by atoms with Gasteiger partial charge in [0.05, 0.1) is 24.4 Å². The fourth-order valence-electron chi connectivity index (χ4n) is 2.91. The third-order valence-electron chi connectivity index (χ3n) is 4.34. The van der Waals surface area contributed by atoms with Crippen LogP contribution in [0.2, 0.25) is 0 Å². The minimum Gasteiger partial charge on any atom is -0.394 e. The number of amides is 2. The lowest BCUT2D eigenvalue weighted by Crippen LogP contribution is -2.21. The zero-order valence-electron chi connectivity index (χ0n) is 15.9. The number of nitrogens with one attached hydrogen (secondary N) is 3. The van der Waals surface area contributed by atoms with Gasteiger partial charge in [-0.15, -0.1) is 0 Å². The number of aliphatic hydroxyl groups is 1. The van der Waals surface area contributed by atoms with Gasteiger partial charge in [-0.1, -0.05) is 30.3 Å². The number of nitrogens with zero attached hydrogens (tertiary/aromatic N) is 4. The van der Waals surface area contributed by atoms with Crippen molar-refractivity contribution in [2.24, 2.45) is 0 Å². The highest BCUT2D eigenvalue weighted by Gasteiger charge is 2.11. The average molecular weight is 401 g/mol. The number of hydrogen-bond acceptors (Lipinski definition) is 7. The Labute approximate surface area is 172 Å². The van der Waals surface area contributed by atoms with Crippen LogP contribution in [0.3, 0.4) is 0 Å². The minimum absolute atomic E-state index is 0.0544. The molecule has 0 aliphatic carbocycles. The second-order valence-corrected chi connectivity index (χ2v) is 6.43. The predicted molar refractivity (Wildman–Crippen MR) is 114 cm³/mol. The number of urea groups is 1. The molecule has 4 rings (SSSR count). The molecule has 0 unspecified atom stereocenters. The highest BCUT2D eigenvalue weighted by molar-refractivity contribution is 5.98. The summed E-state index contributed by atoms with van der Waals surface area (Å²) in [5.41, 5.74) is 2.42. The van der Waals surface area contributed by atoms with Crippen molar-refractivity contribution in [3.8, 4) is 0 Å². The number of benzene rings is 2. The summed E-state index contributed by atoms with van der Waals surface area (Å²) in [4.78, 5) is 28.5. The first-order valence-corrected chi connectivity index (χ1v) is 9.24. The van der Waals surface area contributed by atoms with E-state index in [-0.39, 0.29) is 18.6 Å². The highest BCUT2D eigenvalue weighted by atomic mass is 16.3. The summed E-state index contributed by atoms with van der Waals surface area (Å²) in [5, 5.41) is 19.0. The van der Waals surface area contributed by atoms with Crippen LogP contribution in [-0.2, 0) is 0 Å². The van der Waals surface area contributed by atoms with Crippen LogP contribution in [-0.4, -0.2) is 37.7 Å². The maximum absolute atomic E-state index is 12.1. The van der Waals surface area contributed by atoms with Crippen LogP contribution < -0.4 is 16.0 Å². The van der Waals surface area contributed by atoms with Gasteiger partial charge in [0.1, 0.15) is 0 Å². The molecule has 9 heteroatoms. The second-order valence-electron chi connectivity index (χ2n) is 6.43. The number of aliphatic hydroxyl groups excluding tert-OH is 1. The van der Waals surface area contributed by atoms with Crippen molar-refractivity contribution < 1.29 is 9.90 Å². The molecular weight excluding hydrogens is 382 g/mol. The van der Waals surface area contributed by atoms with Crippen LogP contribution in [0.15, 0.2) is 73.3 Å². The summed E-state index contributed by atoms with van der Waals surface area (Å²) >= 11 is 0. The van der Waals surface area contributed by atoms with Gasteiger partial charge in [-0.25, -0.2) is 19.7 Å². The molecule has 0 bridgehead atoms. The predicted octanol–water partition coefficient (Wildman–Crippen LogP) is 3.21. The Bertz CT molecular complexity index is 1140. The molecule has 0 saturated carbocycles. The molecule has 0 fully saturated rings. The van der Waals surface area contributed by atoms with Crippen molar-refractivity contribution >= 4 is 34.4 Å². The van der Waals surface area contributed by atoms with Gasteiger partial charge in [-0.05, 0) is 23.8 Å². The molecule has 2 amide bonds. The van der Waals surface area contributed by atoms with Gasteiger partial charge in [-0.2, -0.15) is 0 Å². The summed E-state index contributed by atoms with van der Waals surface area (Å²) in [6, 6.07) is 14.5. The Morgan fingerprint density at radius 3 is 2.63 bits per heavy atom. The number of anilines is 3. The van der Waals surface area contributed by atoms with Crippen molar-refractivity contribution in [2.45, 2.75) is 6.04 Å². The zero-order valence-corrected chi connectivity index (χ0v) is 15.9. The Hall–Kier alpha value is -4.11. The number of rotatable bonds is 6. The van der Waals surface area contributed by atoms with E-state index in [2.05, 4.69) is 35.9 Å². The van der Waals surface area contributed by atoms with Crippen LogP contribution in [0.1, 0.15) is 11.6 Å². The number of hydrogen-bond donors (Lipinski definition) is 4. The van der Waals surface area contributed by atoms with E-state index in [1.54, 1.807) is 6.20 Å². The van der Waals surface area contributed by atoms with Crippen molar-refractivity contribution in [3.63, 3.8) is 0 Å². The number of carbonyl (C=O) groups excluding carboxylic acids is 1. The monoisotopic (exact) mass is 401 g/mol. The van der Waals surface area contributed by atoms with Gasteiger partial charge in [0.2, 0.25) is 5.95 Å². The lowest BCUT2D eigenvalue weighted by atomic mass is 10.1. The fraction of sp³-hybridized carbons (Fsp3) is 0.0952. The van der Waals surface area contributed by atoms with E-state index in [1.165, 1.54) is 18.6 Å². The first-order valence-electron chi connectivity index (χ1n) is 9.24. The Balaban J connectivity index is 1.50. The van der Waals surface area contributed by atoms with E-state index in [0.29, 0.717) is 11.3 Å². The van der Waals surface area contributed by atoms with Crippen molar-refractivity contribution in [3.05, 3.63) is 78.9 Å². The molecule has 1 atom stereocenters. The number of aromatic nitrogens is 4. The molecule has 150 valence electrons. The molecule has 2 aromatic carbocycles. The number of fused-ring (bicyclic) bond motifs is 1. The van der Waals surface area contributed by atoms with E-state index in [9.17, 15) is 9.90 Å². The van der Waals surface area contributed by atoms with Crippen LogP contribution in [0, 0.1) is 0 Å². The van der Waals surface area contributed by atoms with Crippen molar-refractivity contribution in [1.82, 2.24) is 19.9 Å². The zero-order chi connectivity index (χ0) is 20.8. The van der Waals surface area contributed by atoms with E-state index < -0.39 is 6.03 Å². The topological polar surface area (TPSA) is 125 Å². The van der Waals surface area contributed by atoms with Gasteiger partial charge >= 0.3 is 6.03 Å². The van der Waals surface area contributed by atoms with E-state index >= 15 is 0 Å². The maximum atomic E-state index is 12.1. The summed E-state index contributed by atoms with van der Waals surface area (Å²) < 4.78 is 0. The third kappa shape index (κ3) is 4.65. The average Bonchev–Trinajstić information content (AvgIpc) is 2.78. The molecule has 2 aromatic heterocycles. The molecule has 0 spiro atoms. The molecule has 0 aliphatic rings. The minimum atomic E-state index is -0.520. The third-order valence-corrected chi connectivity index (χ3v) is 4.34. The maximum Gasteiger partial charge on any atom is 0.327 e. The van der Waals surface area contributed by atoms with Gasteiger partial charge < -0.3 is 10.4 Å². The molecule has 30 heavy (non-hydrogen) atoms. The summed E-state index contributed by atoms with van der Waals surface area (Å²) in [7, 11) is 0. The molecular formula is C21H19N7O2. The van der Waals surface area contributed by atoms with E-state index in [0.717, 1.165) is 16.6 Å². The standard InChI is InChI=1S/C21H19N7O2/c29-13-18(14-4-2-1-3-5-14)25-16-7-6-15-11-24-20(26-17(15)10-16)28-21(30)27-19-12-22-8-9-23-19/h1-12,18,25,29H,13H2,(H2,23,24,26,27,28,30)/t18-/m0/s1. The van der Waals surface area contributed by atoms with Crippen LogP contribution in [0.5, 0.6) is 0 Å². The second kappa shape index (κ2) is 8.93. The molecule has 0 saturated heterocycles. The smallest absolute Gasteiger partial charge is 0.327 e. The van der Waals surface area contributed by atoms with Crippen molar-refractivity contribution in [1.29, 1.82) is 0 Å². The summed E-state index contributed by atoms with van der Waals surface area (Å²) in [5.74, 6) is 0.473. The van der Waals surface area contributed by atoms with Crippen LogP contribution in [0.25, 0.3) is 10.9 Å². The molecule has 4 N–H and O–H groups in total. The Morgan fingerprint density at radius 2 is 1.87 bits per heavy atom. The number of carbonyl (C=O) groups is 1.